The van der Waals surface area contributed by atoms with E-state index in [-0.39, 0.29) is 18.4 Å². The van der Waals surface area contributed by atoms with E-state index in [0.717, 1.165) is 51.3 Å². The molecule has 0 radical (unpaired) electrons. The van der Waals surface area contributed by atoms with Gasteiger partial charge < -0.3 is 24.6 Å². The molecule has 2 aliphatic rings. The number of hydrogen-bond acceptors (Lipinski definition) is 6. The first-order valence-electron chi connectivity index (χ1n) is 9.28. The summed E-state index contributed by atoms with van der Waals surface area (Å²) >= 11 is 0. The molecular weight excluding hydrogens is 320 g/mol. The van der Waals surface area contributed by atoms with Crippen LogP contribution in [0.15, 0.2) is 24.3 Å². The van der Waals surface area contributed by atoms with Crippen LogP contribution in [0, 0.1) is 0 Å². The Morgan fingerprint density at radius 2 is 2.12 bits per heavy atom. The lowest BCUT2D eigenvalue weighted by atomic mass is 10.1. The summed E-state index contributed by atoms with van der Waals surface area (Å²) in [5.41, 5.74) is 1.23. The average Bonchev–Trinajstić information content (AvgIpc) is 3.29. The highest BCUT2D eigenvalue weighted by atomic mass is 16.7. The van der Waals surface area contributed by atoms with Gasteiger partial charge >= 0.3 is 0 Å². The van der Waals surface area contributed by atoms with E-state index in [1.54, 1.807) is 0 Å². The number of β-amino-alcohol motifs (C(OH)–C–C–N with tert-alkyl or cyclic N) is 1. The number of benzene rings is 1. The highest BCUT2D eigenvalue weighted by molar-refractivity contribution is 5.29. The molecule has 0 bridgehead atoms. The lowest BCUT2D eigenvalue weighted by molar-refractivity contribution is -0.115. The molecule has 2 aliphatic heterocycles. The van der Waals surface area contributed by atoms with Gasteiger partial charge in [0.2, 0.25) is 0 Å². The number of nitrogens with zero attached hydrogens (tertiary/aromatic N) is 1. The van der Waals surface area contributed by atoms with Crippen LogP contribution in [-0.4, -0.2) is 68.9 Å². The van der Waals surface area contributed by atoms with Crippen LogP contribution in [-0.2, 0) is 9.47 Å². The monoisotopic (exact) mass is 350 g/mol. The molecule has 1 aromatic carbocycles. The molecule has 0 spiro atoms. The van der Waals surface area contributed by atoms with Gasteiger partial charge in [0.05, 0.1) is 12.7 Å². The zero-order valence-corrected chi connectivity index (χ0v) is 15.0. The second-order valence-electron chi connectivity index (χ2n) is 6.77. The van der Waals surface area contributed by atoms with Gasteiger partial charge in [-0.25, -0.2) is 0 Å². The molecule has 140 valence electrons. The number of likely N-dealkylation sites (tertiary alicyclic amines) is 1. The molecule has 2 heterocycles. The number of rotatable bonds is 9. The molecule has 0 amide bonds. The molecule has 0 saturated carbocycles. The molecule has 2 fully saturated rings. The topological polar surface area (TPSA) is 63.2 Å². The summed E-state index contributed by atoms with van der Waals surface area (Å²) in [7, 11) is 1.98. The van der Waals surface area contributed by atoms with E-state index >= 15 is 0 Å². The predicted molar refractivity (Wildman–Crippen MR) is 95.7 cm³/mol. The molecular formula is C19H30N2O4. The normalized spacial score (nSPS) is 25.4. The first-order chi connectivity index (χ1) is 12.2. The van der Waals surface area contributed by atoms with Gasteiger partial charge in [0.1, 0.15) is 12.4 Å². The zero-order chi connectivity index (χ0) is 17.5. The minimum Gasteiger partial charge on any atom is -0.491 e. The van der Waals surface area contributed by atoms with Gasteiger partial charge in [0.25, 0.3) is 0 Å². The molecule has 6 nitrogen and oxygen atoms in total. The van der Waals surface area contributed by atoms with Crippen molar-refractivity contribution in [1.29, 1.82) is 0 Å². The van der Waals surface area contributed by atoms with E-state index in [9.17, 15) is 5.11 Å². The molecule has 1 unspecified atom stereocenters. The fourth-order valence-electron chi connectivity index (χ4n) is 3.41. The van der Waals surface area contributed by atoms with Gasteiger partial charge in [-0.15, -0.1) is 0 Å². The number of ether oxygens (including phenoxy) is 3. The van der Waals surface area contributed by atoms with Gasteiger partial charge in [-0.1, -0.05) is 12.1 Å². The van der Waals surface area contributed by atoms with Gasteiger partial charge in [-0.3, -0.25) is 4.90 Å². The van der Waals surface area contributed by atoms with Crippen molar-refractivity contribution < 1.29 is 19.3 Å². The van der Waals surface area contributed by atoms with Crippen LogP contribution in [0.4, 0.5) is 0 Å². The number of aliphatic hydroxyl groups is 1. The minimum atomic E-state index is -0.176. The summed E-state index contributed by atoms with van der Waals surface area (Å²) in [5, 5.41) is 13.0. The van der Waals surface area contributed by atoms with E-state index in [0.29, 0.717) is 13.2 Å². The SMILES string of the molecule is CN[C@H](CN1CC[C@H](O)C1)c1ccc(OCCOC2CCCO2)cc1. The first-order valence-corrected chi connectivity index (χ1v) is 9.28. The standard InChI is InChI=1S/C19H30N2O4/c1-20-18(14-21-9-8-16(22)13-21)15-4-6-17(7-5-15)23-11-12-25-19-3-2-10-24-19/h4-7,16,18-20,22H,2-3,8-14H2,1H3/t16-,18+,19?/m0/s1. The molecule has 25 heavy (non-hydrogen) atoms. The maximum absolute atomic E-state index is 9.67. The third kappa shape index (κ3) is 5.66. The molecule has 3 rings (SSSR count). The Labute approximate surface area is 150 Å². The summed E-state index contributed by atoms with van der Waals surface area (Å²) in [4.78, 5) is 2.30. The van der Waals surface area contributed by atoms with Crippen LogP contribution in [0.25, 0.3) is 0 Å². The van der Waals surface area contributed by atoms with Gasteiger partial charge in [0.15, 0.2) is 6.29 Å². The van der Waals surface area contributed by atoms with E-state index in [2.05, 4.69) is 22.3 Å². The van der Waals surface area contributed by atoms with Crippen molar-refractivity contribution in [2.45, 2.75) is 37.7 Å². The van der Waals surface area contributed by atoms with Crippen LogP contribution in [0.2, 0.25) is 0 Å². The van der Waals surface area contributed by atoms with Crippen molar-refractivity contribution in [2.24, 2.45) is 0 Å². The van der Waals surface area contributed by atoms with Crippen LogP contribution in [0.1, 0.15) is 30.9 Å². The molecule has 6 heteroatoms. The summed E-state index contributed by atoms with van der Waals surface area (Å²) in [6.45, 7) is 4.51. The summed E-state index contributed by atoms with van der Waals surface area (Å²) in [5.74, 6) is 0.853. The van der Waals surface area contributed by atoms with Gasteiger partial charge in [0, 0.05) is 38.7 Å². The van der Waals surface area contributed by atoms with Crippen molar-refractivity contribution in [1.82, 2.24) is 10.2 Å². The van der Waals surface area contributed by atoms with E-state index in [4.69, 9.17) is 14.2 Å². The molecule has 0 aromatic heterocycles. The molecule has 2 saturated heterocycles. The summed E-state index contributed by atoms with van der Waals surface area (Å²) in [6, 6.07) is 8.46. The molecule has 3 atom stereocenters. The number of nitrogens with one attached hydrogen (secondary N) is 1. The van der Waals surface area contributed by atoms with E-state index in [1.165, 1.54) is 5.56 Å². The Kier molecular flexibility index (Phi) is 7.07. The Balaban J connectivity index is 1.42. The summed E-state index contributed by atoms with van der Waals surface area (Å²) in [6.07, 6.45) is 2.71. The average molecular weight is 350 g/mol. The van der Waals surface area contributed by atoms with Crippen LogP contribution in [0.3, 0.4) is 0 Å². The second kappa shape index (κ2) is 9.50. The zero-order valence-electron chi connectivity index (χ0n) is 15.0. The van der Waals surface area contributed by atoms with Gasteiger partial charge in [-0.2, -0.15) is 0 Å². The highest BCUT2D eigenvalue weighted by Crippen LogP contribution is 2.21. The van der Waals surface area contributed by atoms with E-state index < -0.39 is 0 Å². The smallest absolute Gasteiger partial charge is 0.157 e. The van der Waals surface area contributed by atoms with Crippen LogP contribution in [0.5, 0.6) is 5.75 Å². The summed E-state index contributed by atoms with van der Waals surface area (Å²) < 4.78 is 16.8. The van der Waals surface area contributed by atoms with Crippen molar-refractivity contribution >= 4 is 0 Å². The Morgan fingerprint density at radius 1 is 1.28 bits per heavy atom. The quantitative estimate of drug-likeness (QED) is 0.659. The number of aliphatic hydroxyl groups excluding tert-OH is 1. The van der Waals surface area contributed by atoms with Crippen molar-refractivity contribution in [3.63, 3.8) is 0 Å². The maximum atomic E-state index is 9.67. The van der Waals surface area contributed by atoms with Crippen molar-refractivity contribution in [3.05, 3.63) is 29.8 Å². The van der Waals surface area contributed by atoms with E-state index in [1.807, 2.05) is 19.2 Å². The number of hydrogen-bond donors (Lipinski definition) is 2. The Morgan fingerprint density at radius 3 is 2.76 bits per heavy atom. The lowest BCUT2D eigenvalue weighted by Gasteiger charge is -2.23. The third-order valence-electron chi connectivity index (χ3n) is 4.86. The van der Waals surface area contributed by atoms with Crippen LogP contribution < -0.4 is 10.1 Å². The maximum Gasteiger partial charge on any atom is 0.157 e. The second-order valence-corrected chi connectivity index (χ2v) is 6.77. The molecule has 2 N–H and O–H groups in total. The largest absolute Gasteiger partial charge is 0.491 e. The Bertz CT molecular complexity index is 505. The van der Waals surface area contributed by atoms with Crippen molar-refractivity contribution in [2.75, 3.05) is 46.5 Å². The number of likely N-dealkylation sites (N-methyl/N-ethyl adjacent to an activating group) is 1. The van der Waals surface area contributed by atoms with Gasteiger partial charge in [-0.05, 0) is 37.6 Å². The molecule has 1 aromatic rings. The third-order valence-corrected chi connectivity index (χ3v) is 4.86. The fourth-order valence-corrected chi connectivity index (χ4v) is 3.41. The van der Waals surface area contributed by atoms with Crippen LogP contribution >= 0.6 is 0 Å². The highest BCUT2D eigenvalue weighted by Gasteiger charge is 2.23. The van der Waals surface area contributed by atoms with Crippen molar-refractivity contribution in [3.8, 4) is 5.75 Å². The predicted octanol–water partition coefficient (Wildman–Crippen LogP) is 1.55. The Hall–Kier alpha value is -1.18. The molecule has 0 aliphatic carbocycles. The minimum absolute atomic E-state index is 0.0496. The lowest BCUT2D eigenvalue weighted by Crippen LogP contribution is -2.33. The first kappa shape index (κ1) is 18.6. The fraction of sp³-hybridized carbons (Fsp3) is 0.684.